The molecule has 4 nitrogen and oxygen atoms in total. The number of alkyl halides is 3. The van der Waals surface area contributed by atoms with Crippen LogP contribution in [0, 0.1) is 0 Å². The summed E-state index contributed by atoms with van der Waals surface area (Å²) in [7, 11) is 0. The third-order valence-corrected chi connectivity index (χ3v) is 5.55. The van der Waals surface area contributed by atoms with E-state index < -0.39 is 12.8 Å². The van der Waals surface area contributed by atoms with E-state index in [0.29, 0.717) is 23.7 Å². The number of ether oxygens (including phenoxy) is 1. The Morgan fingerprint density at radius 2 is 1.68 bits per heavy atom. The molecule has 1 aliphatic rings. The van der Waals surface area contributed by atoms with Crippen molar-refractivity contribution in [2.24, 2.45) is 0 Å². The molecule has 0 aliphatic carbocycles. The highest BCUT2D eigenvalue weighted by molar-refractivity contribution is 5.94. The van der Waals surface area contributed by atoms with Crippen molar-refractivity contribution in [3.8, 4) is 0 Å². The Labute approximate surface area is 181 Å². The topological polar surface area (TPSA) is 41.6 Å². The molecular weight excluding hydrogens is 405 g/mol. The maximum absolute atomic E-state index is 12.3. The monoisotopic (exact) mass is 434 g/mol. The van der Waals surface area contributed by atoms with E-state index in [1.54, 1.807) is 24.3 Å². The van der Waals surface area contributed by atoms with E-state index in [2.05, 4.69) is 34.0 Å². The standard InChI is InChI=1S/C24H29F3N2O2/c1-18-4-2-3-13-29(18)15-20-7-5-19(6-8-20)14-28-23(30)22-11-9-21(10-12-22)16-31-17-24(25,26)27/h5-12,18H,2-4,13-17H2,1H3,(H,28,30). The van der Waals surface area contributed by atoms with E-state index in [-0.39, 0.29) is 12.5 Å². The van der Waals surface area contributed by atoms with E-state index in [0.717, 1.165) is 18.7 Å². The molecule has 1 N–H and O–H groups in total. The van der Waals surface area contributed by atoms with Gasteiger partial charge in [0.2, 0.25) is 0 Å². The van der Waals surface area contributed by atoms with Crippen molar-refractivity contribution in [2.75, 3.05) is 13.2 Å². The summed E-state index contributed by atoms with van der Waals surface area (Å²) in [5, 5.41) is 2.88. The number of piperidine rings is 1. The molecule has 168 valence electrons. The van der Waals surface area contributed by atoms with E-state index in [1.165, 1.54) is 24.8 Å². The van der Waals surface area contributed by atoms with Crippen LogP contribution in [-0.4, -0.2) is 36.2 Å². The normalized spacial score (nSPS) is 17.5. The van der Waals surface area contributed by atoms with E-state index in [9.17, 15) is 18.0 Å². The summed E-state index contributed by atoms with van der Waals surface area (Å²) < 4.78 is 41.0. The Kier molecular flexibility index (Phi) is 8.09. The molecule has 0 saturated carbocycles. The molecule has 31 heavy (non-hydrogen) atoms. The first-order chi connectivity index (χ1) is 14.8. The van der Waals surface area contributed by atoms with Crippen LogP contribution >= 0.6 is 0 Å². The number of carbonyl (C=O) groups excluding carboxylic acids is 1. The lowest BCUT2D eigenvalue weighted by molar-refractivity contribution is -0.176. The van der Waals surface area contributed by atoms with Gasteiger partial charge in [-0.05, 0) is 55.1 Å². The van der Waals surface area contributed by atoms with Crippen molar-refractivity contribution >= 4 is 5.91 Å². The Morgan fingerprint density at radius 1 is 1.03 bits per heavy atom. The minimum Gasteiger partial charge on any atom is -0.367 e. The Bertz CT molecular complexity index is 835. The van der Waals surface area contributed by atoms with Crippen molar-refractivity contribution in [1.82, 2.24) is 10.2 Å². The van der Waals surface area contributed by atoms with Crippen molar-refractivity contribution in [3.63, 3.8) is 0 Å². The van der Waals surface area contributed by atoms with Gasteiger partial charge in [-0.25, -0.2) is 0 Å². The molecule has 7 heteroatoms. The third-order valence-electron chi connectivity index (χ3n) is 5.55. The van der Waals surface area contributed by atoms with E-state index in [1.807, 2.05) is 12.1 Å². The fraction of sp³-hybridized carbons (Fsp3) is 0.458. The zero-order valence-electron chi connectivity index (χ0n) is 17.8. The van der Waals surface area contributed by atoms with Gasteiger partial charge in [-0.2, -0.15) is 13.2 Å². The fourth-order valence-corrected chi connectivity index (χ4v) is 3.71. The highest BCUT2D eigenvalue weighted by Crippen LogP contribution is 2.19. The molecule has 0 spiro atoms. The van der Waals surface area contributed by atoms with Gasteiger partial charge in [0.1, 0.15) is 6.61 Å². The maximum atomic E-state index is 12.3. The quantitative estimate of drug-likeness (QED) is 0.631. The lowest BCUT2D eigenvalue weighted by Crippen LogP contribution is -2.36. The van der Waals surface area contributed by atoms with Crippen LogP contribution in [-0.2, 0) is 24.4 Å². The van der Waals surface area contributed by atoms with Crippen molar-refractivity contribution in [3.05, 3.63) is 70.8 Å². The van der Waals surface area contributed by atoms with Gasteiger partial charge in [-0.15, -0.1) is 0 Å². The Morgan fingerprint density at radius 3 is 2.32 bits per heavy atom. The second-order valence-corrected chi connectivity index (χ2v) is 8.12. The molecular formula is C24H29F3N2O2. The van der Waals surface area contributed by atoms with Gasteiger partial charge in [0.25, 0.3) is 5.91 Å². The molecule has 0 radical (unpaired) electrons. The zero-order chi connectivity index (χ0) is 22.3. The maximum Gasteiger partial charge on any atom is 0.411 e. The predicted octanol–water partition coefficient (Wildman–Crippen LogP) is 5.07. The van der Waals surface area contributed by atoms with Crippen LogP contribution in [0.25, 0.3) is 0 Å². The fourth-order valence-electron chi connectivity index (χ4n) is 3.71. The number of rotatable bonds is 8. The summed E-state index contributed by atoms with van der Waals surface area (Å²) >= 11 is 0. The molecule has 0 bridgehead atoms. The first-order valence-corrected chi connectivity index (χ1v) is 10.6. The molecule has 1 amide bonds. The number of hydrogen-bond donors (Lipinski definition) is 1. The zero-order valence-corrected chi connectivity index (χ0v) is 17.8. The SMILES string of the molecule is CC1CCCCN1Cc1ccc(CNC(=O)c2ccc(COCC(F)(F)F)cc2)cc1. The molecule has 1 fully saturated rings. The summed E-state index contributed by atoms with van der Waals surface area (Å²) in [5.74, 6) is -0.228. The Balaban J connectivity index is 1.44. The van der Waals surface area contributed by atoms with Crippen LogP contribution in [0.5, 0.6) is 0 Å². The third kappa shape index (κ3) is 7.67. The highest BCUT2D eigenvalue weighted by atomic mass is 19.4. The predicted molar refractivity (Wildman–Crippen MR) is 113 cm³/mol. The van der Waals surface area contributed by atoms with Gasteiger partial charge in [0.05, 0.1) is 6.61 Å². The number of carbonyl (C=O) groups is 1. The van der Waals surface area contributed by atoms with Crippen LogP contribution in [0.2, 0.25) is 0 Å². The van der Waals surface area contributed by atoms with Crippen molar-refractivity contribution < 1.29 is 22.7 Å². The van der Waals surface area contributed by atoms with E-state index >= 15 is 0 Å². The van der Waals surface area contributed by atoms with Crippen molar-refractivity contribution in [2.45, 2.75) is 58.1 Å². The van der Waals surface area contributed by atoms with Gasteiger partial charge in [0.15, 0.2) is 0 Å². The minimum atomic E-state index is -4.34. The first-order valence-electron chi connectivity index (χ1n) is 10.6. The molecule has 3 rings (SSSR count). The van der Waals surface area contributed by atoms with Gasteiger partial charge < -0.3 is 10.1 Å². The van der Waals surface area contributed by atoms with Crippen molar-refractivity contribution in [1.29, 1.82) is 0 Å². The number of likely N-dealkylation sites (tertiary alicyclic amines) is 1. The lowest BCUT2D eigenvalue weighted by Gasteiger charge is -2.33. The number of hydrogen-bond acceptors (Lipinski definition) is 3. The molecule has 1 saturated heterocycles. The number of amides is 1. The average molecular weight is 435 g/mol. The largest absolute Gasteiger partial charge is 0.411 e. The Hall–Kier alpha value is -2.38. The molecule has 1 atom stereocenters. The number of nitrogens with zero attached hydrogens (tertiary/aromatic N) is 1. The number of nitrogens with one attached hydrogen (secondary N) is 1. The van der Waals surface area contributed by atoms with E-state index in [4.69, 9.17) is 0 Å². The van der Waals surface area contributed by atoms with Gasteiger partial charge >= 0.3 is 6.18 Å². The molecule has 2 aromatic carbocycles. The molecule has 1 unspecified atom stereocenters. The second-order valence-electron chi connectivity index (χ2n) is 8.12. The van der Waals surface area contributed by atoms with Crippen LogP contribution in [0.1, 0.15) is 53.2 Å². The van der Waals surface area contributed by atoms with Crippen LogP contribution in [0.3, 0.4) is 0 Å². The van der Waals surface area contributed by atoms with Gasteiger partial charge in [-0.1, -0.05) is 42.8 Å². The summed E-state index contributed by atoms with van der Waals surface area (Å²) in [6.45, 7) is 3.36. The molecule has 0 aromatic heterocycles. The lowest BCUT2D eigenvalue weighted by atomic mass is 10.0. The second kappa shape index (κ2) is 10.8. The highest BCUT2D eigenvalue weighted by Gasteiger charge is 2.27. The van der Waals surface area contributed by atoms with Crippen LogP contribution < -0.4 is 5.32 Å². The molecule has 1 aliphatic heterocycles. The summed E-state index contributed by atoms with van der Waals surface area (Å²) in [6, 6.07) is 15.3. The van der Waals surface area contributed by atoms with Crippen LogP contribution in [0.4, 0.5) is 13.2 Å². The van der Waals surface area contributed by atoms with Gasteiger partial charge in [-0.3, -0.25) is 9.69 Å². The first kappa shape index (κ1) is 23.3. The summed E-state index contributed by atoms with van der Waals surface area (Å²) in [4.78, 5) is 14.9. The summed E-state index contributed by atoms with van der Waals surface area (Å²) in [6.07, 6.45) is -0.517. The smallest absolute Gasteiger partial charge is 0.367 e. The minimum absolute atomic E-state index is 0.149. The molecule has 2 aromatic rings. The van der Waals surface area contributed by atoms with Crippen LogP contribution in [0.15, 0.2) is 48.5 Å². The number of halogens is 3. The van der Waals surface area contributed by atoms with Gasteiger partial charge in [0, 0.05) is 24.7 Å². The molecule has 1 heterocycles. The summed E-state index contributed by atoms with van der Waals surface area (Å²) in [5.41, 5.74) is 3.32. The number of benzene rings is 2. The average Bonchev–Trinajstić information content (AvgIpc) is 2.74.